The van der Waals surface area contributed by atoms with Gasteiger partial charge in [0.2, 0.25) is 12.3 Å². The zero-order chi connectivity index (χ0) is 22.9. The summed E-state index contributed by atoms with van der Waals surface area (Å²) in [5.41, 5.74) is -0.193. The largest absolute Gasteiger partial charge is 0.494 e. The lowest BCUT2D eigenvalue weighted by Gasteiger charge is -2.37. The normalized spacial score (nSPS) is 15.2. The summed E-state index contributed by atoms with van der Waals surface area (Å²) in [6.07, 6.45) is 3.22. The lowest BCUT2D eigenvalue weighted by atomic mass is 9.91. The first-order chi connectivity index (χ1) is 15.4. The Bertz CT molecular complexity index is 1180. The maximum atomic E-state index is 14.6. The van der Waals surface area contributed by atoms with Crippen LogP contribution in [-0.2, 0) is 32.9 Å². The highest BCUT2D eigenvalue weighted by Gasteiger charge is 2.45. The van der Waals surface area contributed by atoms with E-state index in [-0.39, 0.29) is 48.9 Å². The van der Waals surface area contributed by atoms with Crippen molar-refractivity contribution < 1.29 is 27.9 Å². The number of halogens is 1. The summed E-state index contributed by atoms with van der Waals surface area (Å²) >= 11 is 0. The van der Waals surface area contributed by atoms with E-state index in [0.717, 1.165) is 0 Å². The maximum Gasteiger partial charge on any atom is 0.256 e. The number of imide groups is 1. The summed E-state index contributed by atoms with van der Waals surface area (Å²) < 4.78 is 25.5. The van der Waals surface area contributed by atoms with Crippen molar-refractivity contribution in [1.82, 2.24) is 20.5 Å². The number of benzene rings is 1. The SMILES string of the molecule is CN[C@](CN1Cc2ccc(OC)c(F)c2CC1=O)(C(=O)NC=O)c1cc2cnccc2o1. The van der Waals surface area contributed by atoms with Crippen LogP contribution in [0.15, 0.2) is 41.1 Å². The maximum absolute atomic E-state index is 14.6. The molecule has 0 unspecified atom stereocenters. The topological polar surface area (TPSA) is 114 Å². The Balaban J connectivity index is 1.74. The Morgan fingerprint density at radius 3 is 2.91 bits per heavy atom. The Morgan fingerprint density at radius 1 is 1.41 bits per heavy atom. The molecule has 3 heterocycles. The number of amides is 3. The predicted octanol–water partition coefficient (Wildman–Crippen LogP) is 1.25. The number of methoxy groups -OCH3 is 1. The number of carbonyl (C=O) groups excluding carboxylic acids is 3. The molecule has 0 radical (unpaired) electrons. The van der Waals surface area contributed by atoms with Crippen LogP contribution < -0.4 is 15.4 Å². The van der Waals surface area contributed by atoms with Gasteiger partial charge in [-0.1, -0.05) is 6.07 Å². The number of aromatic nitrogens is 1. The lowest BCUT2D eigenvalue weighted by Crippen LogP contribution is -2.60. The fourth-order valence-electron chi connectivity index (χ4n) is 3.97. The van der Waals surface area contributed by atoms with Gasteiger partial charge in [-0.25, -0.2) is 4.39 Å². The van der Waals surface area contributed by atoms with Crippen LogP contribution in [-0.4, -0.2) is 48.8 Å². The van der Waals surface area contributed by atoms with Gasteiger partial charge in [-0.2, -0.15) is 0 Å². The monoisotopic (exact) mass is 440 g/mol. The molecule has 0 spiro atoms. The van der Waals surface area contributed by atoms with E-state index in [9.17, 15) is 18.8 Å². The van der Waals surface area contributed by atoms with E-state index >= 15 is 0 Å². The standard InChI is InChI=1S/C22H21FN4O5/c1-24-22(21(30)26-12-28,18-7-14-9-25-6-5-16(14)32-18)11-27-10-13-3-4-17(31-2)20(23)15(13)8-19(27)29/h3-7,9,12,24H,8,10-11H2,1-2H3,(H,26,28,30)/t22-/m0/s1. The van der Waals surface area contributed by atoms with Crippen LogP contribution in [0.4, 0.5) is 4.39 Å². The summed E-state index contributed by atoms with van der Waals surface area (Å²) in [7, 11) is 2.89. The smallest absolute Gasteiger partial charge is 0.256 e. The molecule has 166 valence electrons. The van der Waals surface area contributed by atoms with Crippen LogP contribution in [0, 0.1) is 5.82 Å². The number of ether oxygens (including phenoxy) is 1. The van der Waals surface area contributed by atoms with E-state index in [1.54, 1.807) is 30.6 Å². The number of hydrogen-bond acceptors (Lipinski definition) is 7. The third kappa shape index (κ3) is 3.48. The number of hydrogen-bond donors (Lipinski definition) is 2. The van der Waals surface area contributed by atoms with Crippen molar-refractivity contribution >= 4 is 29.2 Å². The second-order valence-corrected chi connectivity index (χ2v) is 7.42. The Hall–Kier alpha value is -3.79. The number of furan rings is 1. The van der Waals surface area contributed by atoms with Gasteiger partial charge in [-0.3, -0.25) is 30.0 Å². The first-order valence-electron chi connectivity index (χ1n) is 9.83. The molecule has 0 saturated heterocycles. The first kappa shape index (κ1) is 21.4. The summed E-state index contributed by atoms with van der Waals surface area (Å²) in [6, 6.07) is 6.47. The van der Waals surface area contributed by atoms with E-state index < -0.39 is 17.3 Å². The summed E-state index contributed by atoms with van der Waals surface area (Å²) in [4.78, 5) is 42.5. The highest BCUT2D eigenvalue weighted by Crippen LogP contribution is 2.33. The number of carbonyl (C=O) groups is 3. The van der Waals surface area contributed by atoms with Gasteiger partial charge in [0.1, 0.15) is 11.3 Å². The second kappa shape index (κ2) is 8.39. The van der Waals surface area contributed by atoms with Gasteiger partial charge < -0.3 is 14.1 Å². The van der Waals surface area contributed by atoms with Crippen LogP contribution in [0.25, 0.3) is 11.0 Å². The minimum Gasteiger partial charge on any atom is -0.494 e. The molecule has 2 aromatic heterocycles. The van der Waals surface area contributed by atoms with E-state index in [1.807, 2.05) is 0 Å². The van der Waals surface area contributed by atoms with E-state index in [4.69, 9.17) is 9.15 Å². The molecule has 3 aromatic rings. The molecule has 2 N–H and O–H groups in total. The van der Waals surface area contributed by atoms with Gasteiger partial charge in [0.05, 0.1) is 20.1 Å². The molecular weight excluding hydrogens is 419 g/mol. The van der Waals surface area contributed by atoms with Crippen molar-refractivity contribution in [2.75, 3.05) is 20.7 Å². The number of nitrogens with one attached hydrogen (secondary N) is 2. The van der Waals surface area contributed by atoms with Crippen molar-refractivity contribution in [1.29, 1.82) is 0 Å². The van der Waals surface area contributed by atoms with Gasteiger partial charge in [-0.05, 0) is 30.8 Å². The van der Waals surface area contributed by atoms with Crippen LogP contribution in [0.2, 0.25) is 0 Å². The molecule has 1 aromatic carbocycles. The molecule has 1 aliphatic rings. The number of rotatable bonds is 7. The highest BCUT2D eigenvalue weighted by molar-refractivity contribution is 5.95. The van der Waals surface area contributed by atoms with E-state index in [0.29, 0.717) is 16.5 Å². The van der Waals surface area contributed by atoms with Gasteiger partial charge >= 0.3 is 0 Å². The Kier molecular flexibility index (Phi) is 5.62. The average Bonchev–Trinajstić information content (AvgIpc) is 3.23. The molecule has 3 amide bonds. The molecule has 0 bridgehead atoms. The molecule has 4 rings (SSSR count). The zero-order valence-electron chi connectivity index (χ0n) is 17.5. The minimum absolute atomic E-state index is 0.0656. The molecule has 10 heteroatoms. The van der Waals surface area contributed by atoms with Gasteiger partial charge in [0, 0.05) is 29.9 Å². The van der Waals surface area contributed by atoms with Crippen LogP contribution in [0.5, 0.6) is 5.75 Å². The molecule has 1 atom stereocenters. The quantitative estimate of drug-likeness (QED) is 0.532. The highest BCUT2D eigenvalue weighted by atomic mass is 19.1. The molecule has 9 nitrogen and oxygen atoms in total. The minimum atomic E-state index is -1.57. The summed E-state index contributed by atoms with van der Waals surface area (Å²) in [6.45, 7) is -0.0724. The third-order valence-electron chi connectivity index (χ3n) is 5.74. The molecule has 32 heavy (non-hydrogen) atoms. The third-order valence-corrected chi connectivity index (χ3v) is 5.74. The first-order valence-corrected chi connectivity index (χ1v) is 9.83. The predicted molar refractivity (Wildman–Crippen MR) is 111 cm³/mol. The van der Waals surface area contributed by atoms with Crippen molar-refractivity contribution in [2.45, 2.75) is 18.5 Å². The Labute approximate surface area is 182 Å². The van der Waals surface area contributed by atoms with E-state index in [2.05, 4.69) is 15.6 Å². The van der Waals surface area contributed by atoms with Crippen molar-refractivity contribution in [3.63, 3.8) is 0 Å². The van der Waals surface area contributed by atoms with Crippen molar-refractivity contribution in [3.05, 3.63) is 59.4 Å². The van der Waals surface area contributed by atoms with Crippen LogP contribution >= 0.6 is 0 Å². The van der Waals surface area contributed by atoms with Gasteiger partial charge in [0.15, 0.2) is 17.1 Å². The molecular formula is C22H21FN4O5. The van der Waals surface area contributed by atoms with Crippen molar-refractivity contribution in [2.24, 2.45) is 0 Å². The molecule has 1 aliphatic heterocycles. The fourth-order valence-corrected chi connectivity index (χ4v) is 3.97. The average molecular weight is 440 g/mol. The van der Waals surface area contributed by atoms with Crippen molar-refractivity contribution in [3.8, 4) is 5.75 Å². The summed E-state index contributed by atoms with van der Waals surface area (Å²) in [5, 5.41) is 5.74. The number of pyridine rings is 1. The Morgan fingerprint density at radius 2 is 2.22 bits per heavy atom. The molecule has 0 saturated carbocycles. The van der Waals surface area contributed by atoms with E-state index in [1.165, 1.54) is 25.1 Å². The molecule has 0 fully saturated rings. The summed E-state index contributed by atoms with van der Waals surface area (Å²) in [5.74, 6) is -1.36. The lowest BCUT2D eigenvalue weighted by molar-refractivity contribution is -0.137. The number of likely N-dealkylation sites (N-methyl/N-ethyl adjacent to an activating group) is 1. The van der Waals surface area contributed by atoms with Crippen LogP contribution in [0.1, 0.15) is 16.9 Å². The van der Waals surface area contributed by atoms with Crippen LogP contribution in [0.3, 0.4) is 0 Å². The molecule has 0 aliphatic carbocycles. The number of fused-ring (bicyclic) bond motifs is 2. The van der Waals surface area contributed by atoms with Gasteiger partial charge in [-0.15, -0.1) is 0 Å². The second-order valence-electron chi connectivity index (χ2n) is 7.42. The fraction of sp³-hybridized carbons (Fsp3) is 0.273. The van der Waals surface area contributed by atoms with Gasteiger partial charge in [0.25, 0.3) is 5.91 Å². The zero-order valence-corrected chi connectivity index (χ0v) is 17.5. The number of nitrogens with zero attached hydrogens (tertiary/aromatic N) is 2.